The molecule has 16 heavy (non-hydrogen) atoms. The van der Waals surface area contributed by atoms with Crippen molar-refractivity contribution in [3.63, 3.8) is 0 Å². The van der Waals surface area contributed by atoms with Crippen molar-refractivity contribution in [3.05, 3.63) is 11.8 Å². The topological polar surface area (TPSA) is 75.6 Å². The third-order valence-corrected chi connectivity index (χ3v) is 3.37. The molecule has 1 heterocycles. The molecule has 0 aromatic rings. The third kappa shape index (κ3) is 4.51. The Morgan fingerprint density at radius 3 is 3.00 bits per heavy atom. The van der Waals surface area contributed by atoms with Gasteiger partial charge in [-0.25, -0.2) is 0 Å². The van der Waals surface area contributed by atoms with Gasteiger partial charge in [-0.05, 0) is 12.8 Å². The lowest BCUT2D eigenvalue weighted by Crippen LogP contribution is -2.27. The zero-order valence-electron chi connectivity index (χ0n) is 9.48. The van der Waals surface area contributed by atoms with Gasteiger partial charge in [0, 0.05) is 6.42 Å². The van der Waals surface area contributed by atoms with Crippen LogP contribution in [0, 0.1) is 0 Å². The summed E-state index contributed by atoms with van der Waals surface area (Å²) in [4.78, 5) is 0. The van der Waals surface area contributed by atoms with Crippen LogP contribution in [-0.2, 0) is 14.5 Å². The molecule has 1 aliphatic heterocycles. The normalized spacial score (nSPS) is 27.4. The SMILES string of the molecule is CCCCC/C=C1\NS(=O)(=O)OCCC1O. The van der Waals surface area contributed by atoms with E-state index in [9.17, 15) is 13.5 Å². The molecular weight excluding hydrogens is 230 g/mol. The van der Waals surface area contributed by atoms with Crippen LogP contribution < -0.4 is 4.72 Å². The molecule has 0 aromatic heterocycles. The van der Waals surface area contributed by atoms with Crippen molar-refractivity contribution in [2.45, 2.75) is 45.1 Å². The number of aliphatic hydroxyl groups is 1. The monoisotopic (exact) mass is 249 g/mol. The summed E-state index contributed by atoms with van der Waals surface area (Å²) in [6.07, 6.45) is 5.24. The van der Waals surface area contributed by atoms with Gasteiger partial charge in [0.2, 0.25) is 0 Å². The summed E-state index contributed by atoms with van der Waals surface area (Å²) in [7, 11) is -3.72. The molecule has 1 unspecified atom stereocenters. The van der Waals surface area contributed by atoms with E-state index >= 15 is 0 Å². The molecule has 1 atom stereocenters. The quantitative estimate of drug-likeness (QED) is 0.731. The van der Waals surface area contributed by atoms with Crippen LogP contribution in [0.3, 0.4) is 0 Å². The van der Waals surface area contributed by atoms with Gasteiger partial charge < -0.3 is 5.11 Å². The van der Waals surface area contributed by atoms with E-state index in [0.29, 0.717) is 12.1 Å². The van der Waals surface area contributed by atoms with E-state index in [1.165, 1.54) is 0 Å². The highest BCUT2D eigenvalue weighted by Crippen LogP contribution is 2.13. The fraction of sp³-hybridized carbons (Fsp3) is 0.800. The molecule has 0 amide bonds. The molecule has 1 saturated heterocycles. The first-order chi connectivity index (χ1) is 7.55. The molecule has 1 rings (SSSR count). The first kappa shape index (κ1) is 13.5. The van der Waals surface area contributed by atoms with Crippen LogP contribution in [0.2, 0.25) is 0 Å². The number of nitrogens with one attached hydrogen (secondary N) is 1. The highest BCUT2D eigenvalue weighted by Gasteiger charge is 2.22. The van der Waals surface area contributed by atoms with Gasteiger partial charge in [0.25, 0.3) is 0 Å². The van der Waals surface area contributed by atoms with E-state index in [0.717, 1.165) is 25.7 Å². The minimum absolute atomic E-state index is 0.0167. The van der Waals surface area contributed by atoms with Crippen molar-refractivity contribution >= 4 is 10.3 Å². The summed E-state index contributed by atoms with van der Waals surface area (Å²) in [5.41, 5.74) is 0.341. The molecule has 2 N–H and O–H groups in total. The van der Waals surface area contributed by atoms with Crippen molar-refractivity contribution in [1.29, 1.82) is 0 Å². The Balaban J connectivity index is 2.60. The Hall–Kier alpha value is -0.590. The van der Waals surface area contributed by atoms with Crippen LogP contribution in [0.4, 0.5) is 0 Å². The van der Waals surface area contributed by atoms with Gasteiger partial charge in [-0.3, -0.25) is 8.91 Å². The Bertz CT molecular complexity index is 337. The van der Waals surface area contributed by atoms with Crippen molar-refractivity contribution in [3.8, 4) is 0 Å². The predicted molar refractivity (Wildman–Crippen MR) is 60.9 cm³/mol. The highest BCUT2D eigenvalue weighted by molar-refractivity contribution is 7.84. The van der Waals surface area contributed by atoms with Crippen molar-refractivity contribution in [2.75, 3.05) is 6.61 Å². The number of allylic oxidation sites excluding steroid dienone is 1. The van der Waals surface area contributed by atoms with E-state index in [-0.39, 0.29) is 6.61 Å². The van der Waals surface area contributed by atoms with Gasteiger partial charge in [0.1, 0.15) is 0 Å². The molecule has 1 fully saturated rings. The van der Waals surface area contributed by atoms with Gasteiger partial charge in [-0.2, -0.15) is 8.42 Å². The zero-order valence-corrected chi connectivity index (χ0v) is 10.3. The molecule has 0 saturated carbocycles. The standard InChI is InChI=1S/C10H19NO4S/c1-2-3-4-5-6-9-10(12)7-8-15-16(13,14)11-9/h6,10-12H,2-5,7-8H2,1H3/b9-6-. The minimum Gasteiger partial charge on any atom is -0.387 e. The van der Waals surface area contributed by atoms with E-state index in [4.69, 9.17) is 0 Å². The summed E-state index contributed by atoms with van der Waals surface area (Å²) >= 11 is 0. The van der Waals surface area contributed by atoms with Crippen LogP contribution in [-0.4, -0.2) is 26.2 Å². The number of hydrogen-bond acceptors (Lipinski definition) is 4. The Morgan fingerprint density at radius 2 is 2.31 bits per heavy atom. The lowest BCUT2D eigenvalue weighted by atomic mass is 10.1. The maximum absolute atomic E-state index is 11.2. The van der Waals surface area contributed by atoms with Crippen molar-refractivity contribution < 1.29 is 17.7 Å². The third-order valence-electron chi connectivity index (χ3n) is 2.40. The van der Waals surface area contributed by atoms with Gasteiger partial charge in [-0.15, -0.1) is 0 Å². The van der Waals surface area contributed by atoms with Gasteiger partial charge in [0.15, 0.2) is 0 Å². The van der Waals surface area contributed by atoms with E-state index in [1.807, 2.05) is 0 Å². The lowest BCUT2D eigenvalue weighted by Gasteiger charge is -2.10. The number of hydrogen-bond donors (Lipinski definition) is 2. The van der Waals surface area contributed by atoms with E-state index < -0.39 is 16.4 Å². The Labute approximate surface area is 96.8 Å². The molecule has 0 radical (unpaired) electrons. The first-order valence-corrected chi connectivity index (χ1v) is 7.01. The number of rotatable bonds is 4. The summed E-state index contributed by atoms with van der Waals surface area (Å²) in [5, 5.41) is 9.66. The average Bonchev–Trinajstić information content (AvgIpc) is 2.33. The number of unbranched alkanes of at least 4 members (excludes halogenated alkanes) is 3. The maximum atomic E-state index is 11.2. The molecular formula is C10H19NO4S. The molecule has 6 heteroatoms. The van der Waals surface area contributed by atoms with Crippen molar-refractivity contribution in [1.82, 2.24) is 4.72 Å². The van der Waals surface area contributed by atoms with Crippen LogP contribution >= 0.6 is 0 Å². The van der Waals surface area contributed by atoms with Crippen LogP contribution in [0.15, 0.2) is 11.8 Å². The largest absolute Gasteiger partial charge is 0.387 e. The summed E-state index contributed by atoms with van der Waals surface area (Å²) < 4.78 is 29.3. The highest BCUT2D eigenvalue weighted by atomic mass is 32.2. The van der Waals surface area contributed by atoms with Crippen LogP contribution in [0.5, 0.6) is 0 Å². The Morgan fingerprint density at radius 1 is 1.56 bits per heavy atom. The van der Waals surface area contributed by atoms with Crippen LogP contribution in [0.1, 0.15) is 39.0 Å². The number of aliphatic hydroxyl groups excluding tert-OH is 1. The van der Waals surface area contributed by atoms with Gasteiger partial charge in [0.05, 0.1) is 18.4 Å². The van der Waals surface area contributed by atoms with Crippen molar-refractivity contribution in [2.24, 2.45) is 0 Å². The van der Waals surface area contributed by atoms with Crippen LogP contribution in [0.25, 0.3) is 0 Å². The molecule has 0 aliphatic carbocycles. The second-order valence-electron chi connectivity index (χ2n) is 3.84. The minimum atomic E-state index is -3.72. The first-order valence-electron chi connectivity index (χ1n) is 5.60. The summed E-state index contributed by atoms with van der Waals surface area (Å²) in [6.45, 7) is 2.12. The van der Waals surface area contributed by atoms with E-state index in [2.05, 4.69) is 15.8 Å². The average molecular weight is 249 g/mol. The molecule has 0 spiro atoms. The second-order valence-corrected chi connectivity index (χ2v) is 5.19. The molecule has 1 aliphatic rings. The molecule has 0 aromatic carbocycles. The summed E-state index contributed by atoms with van der Waals surface area (Å²) in [6, 6.07) is 0. The lowest BCUT2D eigenvalue weighted by molar-refractivity contribution is 0.178. The smallest absolute Gasteiger partial charge is 0.359 e. The fourth-order valence-electron chi connectivity index (χ4n) is 1.50. The molecule has 0 bridgehead atoms. The second kappa shape index (κ2) is 6.22. The zero-order chi connectivity index (χ0) is 12.0. The van der Waals surface area contributed by atoms with Gasteiger partial charge in [-0.1, -0.05) is 25.8 Å². The van der Waals surface area contributed by atoms with Gasteiger partial charge >= 0.3 is 10.3 Å². The molecule has 5 nitrogen and oxygen atoms in total. The molecule has 94 valence electrons. The Kier molecular flexibility index (Phi) is 5.24. The predicted octanol–water partition coefficient (Wildman–Crippen LogP) is 1.07. The summed E-state index contributed by atoms with van der Waals surface area (Å²) in [5.74, 6) is 0. The maximum Gasteiger partial charge on any atom is 0.359 e. The van der Waals surface area contributed by atoms with E-state index in [1.54, 1.807) is 6.08 Å². The fourth-order valence-corrected chi connectivity index (χ4v) is 2.38.